The van der Waals surface area contributed by atoms with Gasteiger partial charge in [0.25, 0.3) is 0 Å². The molecule has 0 atom stereocenters. The van der Waals surface area contributed by atoms with Crippen molar-refractivity contribution in [3.05, 3.63) is 0 Å². The van der Waals surface area contributed by atoms with Crippen LogP contribution in [0.4, 0.5) is 0 Å². The van der Waals surface area contributed by atoms with Gasteiger partial charge in [0.15, 0.2) is 0 Å². The van der Waals surface area contributed by atoms with Gasteiger partial charge >= 0.3 is 0 Å². The number of likely N-dealkylation sites (tertiary alicyclic amines) is 2. The summed E-state index contributed by atoms with van der Waals surface area (Å²) >= 11 is 0. The standard InChI is InChI=1S/C18H32N2O2/c1-19-11-7-16(8-12-19)22-17-9-13-20(14-10-17)18(21)15-5-3-2-4-6-15/h15-17H,2-14H2,1H3. The predicted molar refractivity (Wildman–Crippen MR) is 87.8 cm³/mol. The molecule has 0 N–H and O–H groups in total. The second-order valence-electron chi connectivity index (χ2n) is 7.50. The first-order valence-electron chi connectivity index (χ1n) is 9.35. The molecule has 1 aliphatic carbocycles. The molecule has 2 heterocycles. The molecule has 4 heteroatoms. The molecule has 4 nitrogen and oxygen atoms in total. The normalized spacial score (nSPS) is 27.2. The van der Waals surface area contributed by atoms with Crippen LogP contribution in [0.1, 0.15) is 57.8 Å². The molecule has 22 heavy (non-hydrogen) atoms. The number of ether oxygens (including phenoxy) is 1. The minimum atomic E-state index is 0.320. The van der Waals surface area contributed by atoms with Crippen LogP contribution in [0, 0.1) is 5.92 Å². The summed E-state index contributed by atoms with van der Waals surface area (Å²) in [5, 5.41) is 0. The lowest BCUT2D eigenvalue weighted by molar-refractivity contribution is -0.140. The van der Waals surface area contributed by atoms with Crippen molar-refractivity contribution in [2.45, 2.75) is 70.0 Å². The largest absolute Gasteiger partial charge is 0.375 e. The molecule has 0 aromatic rings. The van der Waals surface area contributed by atoms with Crippen molar-refractivity contribution in [2.75, 3.05) is 33.2 Å². The van der Waals surface area contributed by atoms with Gasteiger partial charge < -0.3 is 14.5 Å². The predicted octanol–water partition coefficient (Wildman–Crippen LogP) is 2.67. The average Bonchev–Trinajstić information content (AvgIpc) is 2.58. The van der Waals surface area contributed by atoms with Gasteiger partial charge in [-0.1, -0.05) is 19.3 Å². The molecule has 1 saturated carbocycles. The van der Waals surface area contributed by atoms with Crippen molar-refractivity contribution < 1.29 is 9.53 Å². The molecule has 0 unspecified atom stereocenters. The van der Waals surface area contributed by atoms with E-state index >= 15 is 0 Å². The van der Waals surface area contributed by atoms with E-state index in [0.717, 1.165) is 64.7 Å². The third kappa shape index (κ3) is 4.23. The molecule has 2 saturated heterocycles. The molecule has 3 aliphatic rings. The van der Waals surface area contributed by atoms with Crippen LogP contribution in [0.25, 0.3) is 0 Å². The van der Waals surface area contributed by atoms with Gasteiger partial charge in [-0.2, -0.15) is 0 Å². The topological polar surface area (TPSA) is 32.8 Å². The van der Waals surface area contributed by atoms with E-state index in [4.69, 9.17) is 4.74 Å². The van der Waals surface area contributed by atoms with Crippen LogP contribution < -0.4 is 0 Å². The summed E-state index contributed by atoms with van der Waals surface area (Å²) in [5.41, 5.74) is 0. The summed E-state index contributed by atoms with van der Waals surface area (Å²) in [7, 11) is 2.19. The van der Waals surface area contributed by atoms with Crippen LogP contribution in [0.2, 0.25) is 0 Å². The fraction of sp³-hybridized carbons (Fsp3) is 0.944. The second-order valence-corrected chi connectivity index (χ2v) is 7.50. The minimum Gasteiger partial charge on any atom is -0.375 e. The van der Waals surface area contributed by atoms with E-state index in [9.17, 15) is 4.79 Å². The number of carbonyl (C=O) groups excluding carboxylic acids is 1. The summed E-state index contributed by atoms with van der Waals surface area (Å²) in [6, 6.07) is 0. The lowest BCUT2D eigenvalue weighted by atomic mass is 9.88. The molecule has 0 spiro atoms. The van der Waals surface area contributed by atoms with Crippen molar-refractivity contribution >= 4 is 5.91 Å². The Hall–Kier alpha value is -0.610. The fourth-order valence-corrected chi connectivity index (χ4v) is 4.21. The first kappa shape index (κ1) is 16.3. The summed E-state index contributed by atoms with van der Waals surface area (Å²) in [6.07, 6.45) is 11.3. The van der Waals surface area contributed by atoms with Crippen LogP contribution in [0.15, 0.2) is 0 Å². The SMILES string of the molecule is CN1CCC(OC2CCN(C(=O)C3CCCCC3)CC2)CC1. The summed E-state index contributed by atoms with van der Waals surface area (Å²) in [4.78, 5) is 17.1. The molecule has 0 aromatic heterocycles. The van der Waals surface area contributed by atoms with Crippen LogP contribution in [0.5, 0.6) is 0 Å². The Labute approximate surface area is 135 Å². The Morgan fingerprint density at radius 1 is 0.818 bits per heavy atom. The highest BCUT2D eigenvalue weighted by molar-refractivity contribution is 5.79. The molecule has 2 aliphatic heterocycles. The molecular weight excluding hydrogens is 276 g/mol. The van der Waals surface area contributed by atoms with Crippen molar-refractivity contribution in [3.8, 4) is 0 Å². The monoisotopic (exact) mass is 308 g/mol. The first-order chi connectivity index (χ1) is 10.7. The molecule has 0 bridgehead atoms. The number of carbonyl (C=O) groups is 1. The Morgan fingerprint density at radius 2 is 1.36 bits per heavy atom. The molecule has 3 rings (SSSR count). The Balaban J connectivity index is 1.39. The zero-order valence-electron chi connectivity index (χ0n) is 14.1. The van der Waals surface area contributed by atoms with Gasteiger partial charge in [-0.3, -0.25) is 4.79 Å². The number of piperidine rings is 2. The van der Waals surface area contributed by atoms with E-state index in [0.29, 0.717) is 24.0 Å². The van der Waals surface area contributed by atoms with Crippen LogP contribution in [-0.4, -0.2) is 61.1 Å². The average molecular weight is 308 g/mol. The van der Waals surface area contributed by atoms with Gasteiger partial charge in [-0.15, -0.1) is 0 Å². The van der Waals surface area contributed by atoms with Crippen molar-refractivity contribution in [3.63, 3.8) is 0 Å². The maximum absolute atomic E-state index is 12.6. The van der Waals surface area contributed by atoms with Crippen molar-refractivity contribution in [1.29, 1.82) is 0 Å². The smallest absolute Gasteiger partial charge is 0.225 e. The Morgan fingerprint density at radius 3 is 1.95 bits per heavy atom. The summed E-state index contributed by atoms with van der Waals surface area (Å²) in [6.45, 7) is 4.13. The first-order valence-corrected chi connectivity index (χ1v) is 9.35. The lowest BCUT2D eigenvalue weighted by Crippen LogP contribution is -2.45. The van der Waals surface area contributed by atoms with Crippen LogP contribution in [0.3, 0.4) is 0 Å². The molecule has 0 radical (unpaired) electrons. The highest BCUT2D eigenvalue weighted by Gasteiger charge is 2.30. The van der Waals surface area contributed by atoms with E-state index in [1.54, 1.807) is 0 Å². The van der Waals surface area contributed by atoms with Crippen molar-refractivity contribution in [1.82, 2.24) is 9.80 Å². The van der Waals surface area contributed by atoms with Gasteiger partial charge in [0.2, 0.25) is 5.91 Å². The number of hydrogen-bond acceptors (Lipinski definition) is 3. The third-order valence-electron chi connectivity index (χ3n) is 5.76. The number of hydrogen-bond donors (Lipinski definition) is 0. The summed E-state index contributed by atoms with van der Waals surface area (Å²) in [5.74, 6) is 0.748. The van der Waals surface area contributed by atoms with Gasteiger partial charge in [0.05, 0.1) is 12.2 Å². The molecule has 126 valence electrons. The highest BCUT2D eigenvalue weighted by atomic mass is 16.5. The van der Waals surface area contributed by atoms with Crippen LogP contribution >= 0.6 is 0 Å². The molecular formula is C18H32N2O2. The fourth-order valence-electron chi connectivity index (χ4n) is 4.21. The zero-order valence-corrected chi connectivity index (χ0v) is 14.1. The highest BCUT2D eigenvalue weighted by Crippen LogP contribution is 2.27. The van der Waals surface area contributed by atoms with Crippen molar-refractivity contribution in [2.24, 2.45) is 5.92 Å². The molecule has 3 fully saturated rings. The number of nitrogens with zero attached hydrogens (tertiary/aromatic N) is 2. The maximum atomic E-state index is 12.6. The zero-order chi connectivity index (χ0) is 15.4. The minimum absolute atomic E-state index is 0.320. The Kier molecular flexibility index (Phi) is 5.75. The second kappa shape index (κ2) is 7.78. The molecule has 0 aromatic carbocycles. The third-order valence-corrected chi connectivity index (χ3v) is 5.76. The van der Waals surface area contributed by atoms with Gasteiger partial charge in [-0.05, 0) is 45.6 Å². The van der Waals surface area contributed by atoms with Gasteiger partial charge in [-0.25, -0.2) is 0 Å². The quantitative estimate of drug-likeness (QED) is 0.803. The maximum Gasteiger partial charge on any atom is 0.225 e. The van der Waals surface area contributed by atoms with E-state index in [1.807, 2.05) is 0 Å². The van der Waals surface area contributed by atoms with E-state index in [1.165, 1.54) is 19.3 Å². The number of amides is 1. The van der Waals surface area contributed by atoms with E-state index < -0.39 is 0 Å². The molecule has 1 amide bonds. The van der Waals surface area contributed by atoms with E-state index in [2.05, 4.69) is 16.8 Å². The van der Waals surface area contributed by atoms with Gasteiger partial charge in [0.1, 0.15) is 0 Å². The lowest BCUT2D eigenvalue weighted by Gasteiger charge is -2.37. The number of rotatable bonds is 3. The van der Waals surface area contributed by atoms with E-state index in [-0.39, 0.29) is 0 Å². The Bertz CT molecular complexity index is 352. The van der Waals surface area contributed by atoms with Gasteiger partial charge in [0, 0.05) is 32.1 Å². The summed E-state index contributed by atoms with van der Waals surface area (Å²) < 4.78 is 6.29. The van der Waals surface area contributed by atoms with Crippen LogP contribution in [-0.2, 0) is 9.53 Å².